The predicted octanol–water partition coefficient (Wildman–Crippen LogP) is 2.17. The molecule has 0 saturated heterocycles. The summed E-state index contributed by atoms with van der Waals surface area (Å²) >= 11 is 0. The van der Waals surface area contributed by atoms with Crippen LogP contribution < -0.4 is 16.0 Å². The number of halogens is 1. The first-order valence-electron chi connectivity index (χ1n) is 6.99. The van der Waals surface area contributed by atoms with Crippen LogP contribution in [0, 0.1) is 5.82 Å². The largest absolute Gasteiger partial charge is 0.494 e. The third kappa shape index (κ3) is 2.80. The first-order valence-corrected chi connectivity index (χ1v) is 6.99. The van der Waals surface area contributed by atoms with Gasteiger partial charge >= 0.3 is 0 Å². The average molecular weight is 282 g/mol. The third-order valence-corrected chi connectivity index (χ3v) is 4.38. The molecule has 0 aromatic heterocycles. The Kier molecular flexibility index (Phi) is 4.96. The van der Waals surface area contributed by atoms with Crippen LogP contribution >= 0.6 is 0 Å². The number of hydrogen-bond acceptors (Lipinski definition) is 4. The van der Waals surface area contributed by atoms with Gasteiger partial charge in [0.2, 0.25) is 0 Å². The fraction of sp³-hybridized carbons (Fsp3) is 0.600. The Bertz CT molecular complexity index is 447. The summed E-state index contributed by atoms with van der Waals surface area (Å²) in [4.78, 5) is 0. The van der Waals surface area contributed by atoms with Crippen molar-refractivity contribution in [1.82, 2.24) is 5.43 Å². The molecule has 1 aromatic carbocycles. The van der Waals surface area contributed by atoms with Gasteiger partial charge in [-0.1, -0.05) is 25.0 Å². The van der Waals surface area contributed by atoms with Gasteiger partial charge in [0.15, 0.2) is 11.6 Å². The van der Waals surface area contributed by atoms with Crippen molar-refractivity contribution < 1.29 is 13.9 Å². The SMILES string of the molecule is COc1cccc(CC(NN)C2(OC)CCCC2)c1F. The molecule has 1 saturated carbocycles. The van der Waals surface area contributed by atoms with Crippen molar-refractivity contribution in [2.24, 2.45) is 5.84 Å². The maximum atomic E-state index is 14.3. The van der Waals surface area contributed by atoms with Gasteiger partial charge in [-0.15, -0.1) is 0 Å². The van der Waals surface area contributed by atoms with E-state index in [0.717, 1.165) is 25.7 Å². The maximum absolute atomic E-state index is 14.3. The van der Waals surface area contributed by atoms with Crippen molar-refractivity contribution in [2.45, 2.75) is 43.7 Å². The van der Waals surface area contributed by atoms with Gasteiger partial charge in [-0.05, 0) is 30.9 Å². The Hall–Kier alpha value is -1.17. The Labute approximate surface area is 119 Å². The Balaban J connectivity index is 2.22. The van der Waals surface area contributed by atoms with E-state index in [0.29, 0.717) is 12.0 Å². The van der Waals surface area contributed by atoms with Crippen LogP contribution in [0.4, 0.5) is 4.39 Å². The van der Waals surface area contributed by atoms with Gasteiger partial charge < -0.3 is 9.47 Å². The van der Waals surface area contributed by atoms with Crippen molar-refractivity contribution in [1.29, 1.82) is 0 Å². The van der Waals surface area contributed by atoms with Crippen LogP contribution in [-0.2, 0) is 11.2 Å². The molecule has 0 bridgehead atoms. The lowest BCUT2D eigenvalue weighted by Crippen LogP contribution is -2.54. The molecule has 1 unspecified atom stereocenters. The first kappa shape index (κ1) is 15.2. The number of methoxy groups -OCH3 is 2. The van der Waals surface area contributed by atoms with E-state index in [2.05, 4.69) is 5.43 Å². The van der Waals surface area contributed by atoms with Gasteiger partial charge in [-0.25, -0.2) is 4.39 Å². The highest BCUT2D eigenvalue weighted by atomic mass is 19.1. The molecule has 1 atom stereocenters. The molecule has 0 heterocycles. The summed E-state index contributed by atoms with van der Waals surface area (Å²) in [5.74, 6) is 5.64. The molecule has 1 aliphatic carbocycles. The lowest BCUT2D eigenvalue weighted by molar-refractivity contribution is -0.0357. The zero-order valence-corrected chi connectivity index (χ0v) is 12.1. The normalized spacial score (nSPS) is 19.0. The minimum Gasteiger partial charge on any atom is -0.494 e. The van der Waals surface area contributed by atoms with Crippen molar-refractivity contribution in [3.05, 3.63) is 29.6 Å². The smallest absolute Gasteiger partial charge is 0.168 e. The molecule has 0 aliphatic heterocycles. The summed E-state index contributed by atoms with van der Waals surface area (Å²) < 4.78 is 25.0. The standard InChI is InChI=1S/C15H23FN2O2/c1-19-12-7-5-6-11(14(12)16)10-13(18-17)15(20-2)8-3-4-9-15/h5-7,13,18H,3-4,8-10,17H2,1-2H3. The van der Waals surface area contributed by atoms with Crippen LogP contribution in [-0.4, -0.2) is 25.9 Å². The second kappa shape index (κ2) is 6.52. The highest BCUT2D eigenvalue weighted by molar-refractivity contribution is 5.32. The number of ether oxygens (including phenoxy) is 2. The van der Waals surface area contributed by atoms with Crippen LogP contribution in [0.3, 0.4) is 0 Å². The maximum Gasteiger partial charge on any atom is 0.168 e. The van der Waals surface area contributed by atoms with Crippen molar-refractivity contribution >= 4 is 0 Å². The molecular formula is C15H23FN2O2. The number of rotatable bonds is 6. The third-order valence-electron chi connectivity index (χ3n) is 4.38. The molecule has 1 fully saturated rings. The van der Waals surface area contributed by atoms with Crippen LogP contribution in [0.2, 0.25) is 0 Å². The predicted molar refractivity (Wildman–Crippen MR) is 76.0 cm³/mol. The van der Waals surface area contributed by atoms with Crippen LogP contribution in [0.5, 0.6) is 5.75 Å². The fourth-order valence-corrected chi connectivity index (χ4v) is 3.16. The van der Waals surface area contributed by atoms with E-state index in [9.17, 15) is 4.39 Å². The summed E-state index contributed by atoms with van der Waals surface area (Å²) in [5.41, 5.74) is 3.11. The molecule has 1 aliphatic rings. The summed E-state index contributed by atoms with van der Waals surface area (Å²) in [6, 6.07) is 5.06. The van der Waals surface area contributed by atoms with Gasteiger partial charge in [0.05, 0.1) is 18.8 Å². The monoisotopic (exact) mass is 282 g/mol. The molecule has 20 heavy (non-hydrogen) atoms. The van der Waals surface area contributed by atoms with E-state index in [-0.39, 0.29) is 23.2 Å². The Morgan fingerprint density at radius 1 is 1.35 bits per heavy atom. The first-order chi connectivity index (χ1) is 9.66. The van der Waals surface area contributed by atoms with E-state index in [4.69, 9.17) is 15.3 Å². The van der Waals surface area contributed by atoms with Crippen LogP contribution in [0.15, 0.2) is 18.2 Å². The molecule has 112 valence electrons. The lowest BCUT2D eigenvalue weighted by atomic mass is 9.87. The zero-order chi connectivity index (χ0) is 14.6. The summed E-state index contributed by atoms with van der Waals surface area (Å²) in [7, 11) is 3.17. The summed E-state index contributed by atoms with van der Waals surface area (Å²) in [6.07, 6.45) is 4.61. The minimum atomic E-state index is -0.320. The number of hydrazine groups is 1. The zero-order valence-electron chi connectivity index (χ0n) is 12.1. The van der Waals surface area contributed by atoms with E-state index in [1.807, 2.05) is 0 Å². The van der Waals surface area contributed by atoms with Crippen LogP contribution in [0.1, 0.15) is 31.2 Å². The Morgan fingerprint density at radius 3 is 2.60 bits per heavy atom. The molecule has 3 N–H and O–H groups in total. The Morgan fingerprint density at radius 2 is 2.05 bits per heavy atom. The molecule has 4 nitrogen and oxygen atoms in total. The molecule has 2 rings (SSSR count). The highest BCUT2D eigenvalue weighted by Crippen LogP contribution is 2.37. The van der Waals surface area contributed by atoms with E-state index in [1.54, 1.807) is 25.3 Å². The number of benzene rings is 1. The van der Waals surface area contributed by atoms with Gasteiger partial charge in [0.25, 0.3) is 0 Å². The van der Waals surface area contributed by atoms with Gasteiger partial charge in [-0.3, -0.25) is 11.3 Å². The molecule has 0 radical (unpaired) electrons. The second-order valence-corrected chi connectivity index (χ2v) is 5.33. The number of nitrogens with two attached hydrogens (primary N) is 1. The molecule has 0 spiro atoms. The molecule has 1 aromatic rings. The quantitative estimate of drug-likeness (QED) is 0.620. The van der Waals surface area contributed by atoms with Gasteiger partial charge in [0, 0.05) is 7.11 Å². The van der Waals surface area contributed by atoms with E-state index in [1.165, 1.54) is 7.11 Å². The molecular weight excluding hydrogens is 259 g/mol. The highest BCUT2D eigenvalue weighted by Gasteiger charge is 2.41. The van der Waals surface area contributed by atoms with Crippen molar-refractivity contribution in [2.75, 3.05) is 14.2 Å². The van der Waals surface area contributed by atoms with E-state index < -0.39 is 0 Å². The molecule has 5 heteroatoms. The van der Waals surface area contributed by atoms with Crippen LogP contribution in [0.25, 0.3) is 0 Å². The fourth-order valence-electron chi connectivity index (χ4n) is 3.16. The minimum absolute atomic E-state index is 0.114. The number of nitrogens with one attached hydrogen (secondary N) is 1. The van der Waals surface area contributed by atoms with Gasteiger partial charge in [-0.2, -0.15) is 0 Å². The average Bonchev–Trinajstić information content (AvgIpc) is 2.96. The number of hydrogen-bond donors (Lipinski definition) is 2. The topological polar surface area (TPSA) is 56.5 Å². The lowest BCUT2D eigenvalue weighted by Gasteiger charge is -2.36. The summed E-state index contributed by atoms with van der Waals surface area (Å²) in [5, 5.41) is 0. The van der Waals surface area contributed by atoms with Crippen molar-refractivity contribution in [3.8, 4) is 5.75 Å². The van der Waals surface area contributed by atoms with E-state index >= 15 is 0 Å². The summed E-state index contributed by atoms with van der Waals surface area (Å²) in [6.45, 7) is 0. The van der Waals surface area contributed by atoms with Gasteiger partial charge in [0.1, 0.15) is 0 Å². The molecule has 0 amide bonds. The van der Waals surface area contributed by atoms with Crippen molar-refractivity contribution in [3.63, 3.8) is 0 Å². The second-order valence-electron chi connectivity index (χ2n) is 5.33.